The summed E-state index contributed by atoms with van der Waals surface area (Å²) in [5.74, 6) is -0.140. The molecule has 7 heteroatoms. The second-order valence-electron chi connectivity index (χ2n) is 5.18. The summed E-state index contributed by atoms with van der Waals surface area (Å²) < 4.78 is 0. The number of nitrogens with one attached hydrogen (secondary N) is 1. The van der Waals surface area contributed by atoms with Crippen molar-refractivity contribution in [3.63, 3.8) is 0 Å². The van der Waals surface area contributed by atoms with E-state index in [1.807, 2.05) is 6.92 Å². The molecule has 1 rings (SSSR count). The highest BCUT2D eigenvalue weighted by Crippen LogP contribution is 2.21. The van der Waals surface area contributed by atoms with Gasteiger partial charge in [0.15, 0.2) is 11.6 Å². The van der Waals surface area contributed by atoms with Crippen LogP contribution in [0.25, 0.3) is 0 Å². The summed E-state index contributed by atoms with van der Waals surface area (Å²) in [6, 6.07) is 0. The number of carbonyl (C=O) groups excluding carboxylic acids is 2. The Morgan fingerprint density at radius 2 is 1.87 bits per heavy atom. The fourth-order valence-electron chi connectivity index (χ4n) is 1.82. The number of amides is 1. The highest BCUT2D eigenvalue weighted by molar-refractivity contribution is 6.22. The minimum absolute atomic E-state index is 0.0700. The standard InChI is InChI=1S/C13H19NO3.C3H7NO2/c1-3-6-10(14-17-9-4-2)13-11(15)7-5-8-12(13)16;1-4(2)3(5)6/h4,14H,2-3,5-9H2,1H3;1-2H3,(H,5,6). The van der Waals surface area contributed by atoms with Gasteiger partial charge in [-0.2, -0.15) is 0 Å². The van der Waals surface area contributed by atoms with Crippen molar-refractivity contribution in [2.24, 2.45) is 0 Å². The Hall–Kier alpha value is -2.15. The van der Waals surface area contributed by atoms with Crippen molar-refractivity contribution in [1.29, 1.82) is 0 Å². The third-order valence-corrected chi connectivity index (χ3v) is 2.95. The lowest BCUT2D eigenvalue weighted by atomic mass is 9.90. The van der Waals surface area contributed by atoms with Gasteiger partial charge in [0.2, 0.25) is 0 Å². The Morgan fingerprint density at radius 3 is 2.26 bits per heavy atom. The number of carboxylic acid groups (broad SMARTS) is 1. The lowest BCUT2D eigenvalue weighted by molar-refractivity contribution is -0.124. The van der Waals surface area contributed by atoms with Gasteiger partial charge in [0.1, 0.15) is 0 Å². The van der Waals surface area contributed by atoms with Gasteiger partial charge < -0.3 is 10.0 Å². The van der Waals surface area contributed by atoms with E-state index in [2.05, 4.69) is 12.1 Å². The maximum atomic E-state index is 11.8. The summed E-state index contributed by atoms with van der Waals surface area (Å²) in [6.45, 7) is 5.86. The van der Waals surface area contributed by atoms with Gasteiger partial charge in [-0.3, -0.25) is 19.9 Å². The highest BCUT2D eigenvalue weighted by atomic mass is 16.6. The summed E-state index contributed by atoms with van der Waals surface area (Å²) in [5, 5.41) is 7.92. The molecule has 1 amide bonds. The molecule has 7 nitrogen and oxygen atoms in total. The average Bonchev–Trinajstić information content (AvgIpc) is 2.47. The molecule has 0 saturated heterocycles. The Morgan fingerprint density at radius 1 is 1.35 bits per heavy atom. The van der Waals surface area contributed by atoms with Crippen molar-refractivity contribution in [2.75, 3.05) is 20.7 Å². The van der Waals surface area contributed by atoms with E-state index in [0.29, 0.717) is 43.6 Å². The van der Waals surface area contributed by atoms with E-state index in [9.17, 15) is 14.4 Å². The number of hydrogen-bond donors (Lipinski definition) is 2. The molecular weight excluding hydrogens is 300 g/mol. The average molecular weight is 326 g/mol. The first kappa shape index (κ1) is 20.9. The van der Waals surface area contributed by atoms with Crippen molar-refractivity contribution >= 4 is 17.7 Å². The van der Waals surface area contributed by atoms with Crippen LogP contribution in [0.15, 0.2) is 23.9 Å². The van der Waals surface area contributed by atoms with Crippen LogP contribution >= 0.6 is 0 Å². The summed E-state index contributed by atoms with van der Waals surface area (Å²) in [6.07, 6.45) is 3.76. The topological polar surface area (TPSA) is 95.9 Å². The minimum atomic E-state index is -0.907. The Bertz CT molecular complexity index is 451. The lowest BCUT2D eigenvalue weighted by Gasteiger charge is -2.17. The van der Waals surface area contributed by atoms with Crippen LogP contribution in [0.5, 0.6) is 0 Å². The second kappa shape index (κ2) is 11.4. The largest absolute Gasteiger partial charge is 0.465 e. The fourth-order valence-corrected chi connectivity index (χ4v) is 1.82. The molecule has 0 aromatic heterocycles. The monoisotopic (exact) mass is 326 g/mol. The number of Topliss-reactive ketones (excluding diaryl/α,β-unsaturated/α-hetero) is 2. The summed E-state index contributed by atoms with van der Waals surface area (Å²) in [5.41, 5.74) is 3.64. The van der Waals surface area contributed by atoms with E-state index in [1.54, 1.807) is 6.08 Å². The predicted molar refractivity (Wildman–Crippen MR) is 86.8 cm³/mol. The number of hydrogen-bond acceptors (Lipinski definition) is 5. The van der Waals surface area contributed by atoms with Crippen molar-refractivity contribution in [3.8, 4) is 0 Å². The van der Waals surface area contributed by atoms with E-state index in [-0.39, 0.29) is 11.6 Å². The molecule has 23 heavy (non-hydrogen) atoms. The number of ketones is 2. The van der Waals surface area contributed by atoms with Crippen LogP contribution in [0.4, 0.5) is 4.79 Å². The van der Waals surface area contributed by atoms with E-state index < -0.39 is 6.09 Å². The van der Waals surface area contributed by atoms with Gasteiger partial charge in [-0.15, -0.1) is 6.58 Å². The molecule has 0 heterocycles. The van der Waals surface area contributed by atoms with Crippen LogP contribution < -0.4 is 5.48 Å². The molecular formula is C16H26N2O5. The molecule has 2 N–H and O–H groups in total. The minimum Gasteiger partial charge on any atom is -0.465 e. The molecule has 1 aliphatic rings. The van der Waals surface area contributed by atoms with Gasteiger partial charge in [0, 0.05) is 26.9 Å². The van der Waals surface area contributed by atoms with E-state index in [1.165, 1.54) is 14.1 Å². The van der Waals surface area contributed by atoms with E-state index in [0.717, 1.165) is 11.3 Å². The van der Waals surface area contributed by atoms with Crippen LogP contribution in [-0.4, -0.2) is 48.4 Å². The van der Waals surface area contributed by atoms with Gasteiger partial charge in [-0.1, -0.05) is 19.4 Å². The summed E-state index contributed by atoms with van der Waals surface area (Å²) in [4.78, 5) is 39.3. The third-order valence-electron chi connectivity index (χ3n) is 2.95. The molecule has 1 fully saturated rings. The van der Waals surface area contributed by atoms with Crippen molar-refractivity contribution in [1.82, 2.24) is 10.4 Å². The zero-order valence-electron chi connectivity index (χ0n) is 14.1. The lowest BCUT2D eigenvalue weighted by Crippen LogP contribution is -2.26. The Kier molecular flexibility index (Phi) is 10.4. The first-order valence-electron chi connectivity index (χ1n) is 7.53. The van der Waals surface area contributed by atoms with Gasteiger partial charge in [0.25, 0.3) is 0 Å². The molecule has 130 valence electrons. The molecule has 0 aromatic rings. The molecule has 1 aliphatic carbocycles. The smallest absolute Gasteiger partial charge is 0.406 e. The van der Waals surface area contributed by atoms with Gasteiger partial charge in [-0.05, 0) is 12.8 Å². The first-order valence-corrected chi connectivity index (χ1v) is 7.53. The van der Waals surface area contributed by atoms with E-state index >= 15 is 0 Å². The number of hydroxylamine groups is 1. The first-order chi connectivity index (χ1) is 10.8. The van der Waals surface area contributed by atoms with Crippen LogP contribution in [0.3, 0.4) is 0 Å². The zero-order valence-corrected chi connectivity index (χ0v) is 14.1. The normalized spacial score (nSPS) is 13.8. The molecule has 0 spiro atoms. The number of allylic oxidation sites excluding steroid dienone is 2. The fraction of sp³-hybridized carbons (Fsp3) is 0.562. The molecule has 1 saturated carbocycles. The van der Waals surface area contributed by atoms with Gasteiger partial charge >= 0.3 is 6.09 Å². The quantitative estimate of drug-likeness (QED) is 0.256. The number of nitrogens with zero attached hydrogens (tertiary/aromatic N) is 1. The van der Waals surface area contributed by atoms with Gasteiger partial charge in [-0.25, -0.2) is 4.79 Å². The van der Waals surface area contributed by atoms with Crippen LogP contribution in [0.1, 0.15) is 39.0 Å². The Balaban J connectivity index is 0.000000688. The van der Waals surface area contributed by atoms with Crippen molar-refractivity contribution in [3.05, 3.63) is 23.9 Å². The van der Waals surface area contributed by atoms with Crippen LogP contribution in [0.2, 0.25) is 0 Å². The van der Waals surface area contributed by atoms with Crippen LogP contribution in [-0.2, 0) is 14.4 Å². The highest BCUT2D eigenvalue weighted by Gasteiger charge is 2.26. The zero-order chi connectivity index (χ0) is 17.8. The predicted octanol–water partition coefficient (Wildman–Crippen LogP) is 2.30. The second-order valence-corrected chi connectivity index (χ2v) is 5.18. The third kappa shape index (κ3) is 8.15. The molecule has 0 aliphatic heterocycles. The molecule has 0 atom stereocenters. The molecule has 0 bridgehead atoms. The van der Waals surface area contributed by atoms with Crippen molar-refractivity contribution in [2.45, 2.75) is 39.0 Å². The Labute approximate surface area is 136 Å². The molecule has 0 aromatic carbocycles. The van der Waals surface area contributed by atoms with Gasteiger partial charge in [0.05, 0.1) is 17.9 Å². The maximum absolute atomic E-state index is 11.8. The van der Waals surface area contributed by atoms with Crippen molar-refractivity contribution < 1.29 is 24.3 Å². The molecule has 0 radical (unpaired) electrons. The summed E-state index contributed by atoms with van der Waals surface area (Å²) >= 11 is 0. The van der Waals surface area contributed by atoms with Crippen LogP contribution in [0, 0.1) is 0 Å². The number of carbonyl (C=O) groups is 3. The van der Waals surface area contributed by atoms with E-state index in [4.69, 9.17) is 9.94 Å². The number of rotatable bonds is 6. The SMILES string of the molecule is C=CCONC(CCC)=C1C(=O)CCCC1=O.CN(C)C(=O)O. The summed E-state index contributed by atoms with van der Waals surface area (Å²) in [7, 11) is 2.95. The maximum Gasteiger partial charge on any atom is 0.406 e. The molecule has 0 unspecified atom stereocenters.